The van der Waals surface area contributed by atoms with Crippen LogP contribution >= 0.6 is 0 Å². The van der Waals surface area contributed by atoms with E-state index in [-0.39, 0.29) is 122 Å². The molecule has 0 fully saturated rings. The van der Waals surface area contributed by atoms with Crippen LogP contribution in [0.2, 0.25) is 0 Å². The number of halogens is 2. The first kappa shape index (κ1) is 24.9. The van der Waals surface area contributed by atoms with Crippen molar-refractivity contribution in [2.75, 3.05) is 0 Å². The Bertz CT molecular complexity index is 8.00. The Hall–Kier alpha value is 3.85. The van der Waals surface area contributed by atoms with Crippen molar-refractivity contribution in [2.45, 2.75) is 0 Å². The molecule has 0 aromatic carbocycles. The van der Waals surface area contributed by atoms with Gasteiger partial charge >= 0.3 is 80.9 Å². The standard InChI is InChI=1S/BrH.HI.K.Na/h2*1H;;/q;;2*+1/p-2. The quantitative estimate of drug-likeness (QED) is 0.303. The second kappa shape index (κ2) is 15.8. The van der Waals surface area contributed by atoms with Gasteiger partial charge in [0.1, 0.15) is 0 Å². The Morgan fingerprint density at radius 3 is 1.00 bits per heavy atom. The van der Waals surface area contributed by atoms with E-state index in [1.807, 2.05) is 0 Å². The van der Waals surface area contributed by atoms with E-state index in [1.165, 1.54) is 0 Å². The Labute approximate surface area is 118 Å². The van der Waals surface area contributed by atoms with Gasteiger partial charge in [-0.15, -0.1) is 0 Å². The van der Waals surface area contributed by atoms with Crippen molar-refractivity contribution < 1.29 is 122 Å². The minimum absolute atomic E-state index is 0. The van der Waals surface area contributed by atoms with Crippen molar-refractivity contribution in [3.8, 4) is 0 Å². The summed E-state index contributed by atoms with van der Waals surface area (Å²) in [7, 11) is 0. The second-order valence-electron chi connectivity index (χ2n) is 0. The van der Waals surface area contributed by atoms with Crippen LogP contribution in [0.3, 0.4) is 0 Å². The zero-order valence-electron chi connectivity index (χ0n) is 2.76. The van der Waals surface area contributed by atoms with Crippen LogP contribution in [-0.4, -0.2) is 0 Å². The van der Waals surface area contributed by atoms with E-state index in [4.69, 9.17) is 0 Å². The van der Waals surface area contributed by atoms with Gasteiger partial charge in [0.25, 0.3) is 0 Å². The van der Waals surface area contributed by atoms with E-state index in [0.717, 1.165) is 0 Å². The third kappa shape index (κ3) is 9.28. The molecule has 4 heteroatoms. The molecule has 0 aromatic rings. The Kier molecular flexibility index (Phi) is 98.3. The predicted molar refractivity (Wildman–Crippen MR) is 0 cm³/mol. The zero-order valence-corrected chi connectivity index (χ0v) is 11.6. The van der Waals surface area contributed by atoms with Gasteiger partial charge in [0, 0.05) is 0 Å². The zero-order chi connectivity index (χ0) is 0. The van der Waals surface area contributed by atoms with E-state index in [2.05, 4.69) is 0 Å². The molecule has 0 amide bonds. The van der Waals surface area contributed by atoms with Crippen LogP contribution in [0.4, 0.5) is 0 Å². The van der Waals surface area contributed by atoms with Gasteiger partial charge in [0.2, 0.25) is 0 Å². The Morgan fingerprint density at radius 1 is 1.00 bits per heavy atom. The molecule has 0 aliphatic carbocycles. The molecular weight excluding hydrogens is 269 g/mol. The van der Waals surface area contributed by atoms with E-state index in [9.17, 15) is 0 Å². The van der Waals surface area contributed by atoms with Crippen molar-refractivity contribution in [3.63, 3.8) is 0 Å². The average molecular weight is 269 g/mol. The third-order valence-corrected chi connectivity index (χ3v) is 0. The molecule has 0 rings (SSSR count). The van der Waals surface area contributed by atoms with Crippen LogP contribution in [0, 0.1) is 0 Å². The molecule has 16 valence electrons. The summed E-state index contributed by atoms with van der Waals surface area (Å²) in [5.41, 5.74) is 0. The first-order valence-electron chi connectivity index (χ1n) is 0. The van der Waals surface area contributed by atoms with Gasteiger partial charge in [-0.3, -0.25) is 0 Å². The van der Waals surface area contributed by atoms with Gasteiger partial charge in [-0.1, -0.05) is 0 Å². The molecule has 0 aliphatic rings. The predicted octanol–water partition coefficient (Wildman–Crippen LogP) is -12.0. The van der Waals surface area contributed by atoms with E-state index in [1.54, 1.807) is 0 Å². The summed E-state index contributed by atoms with van der Waals surface area (Å²) in [4.78, 5) is 0. The summed E-state index contributed by atoms with van der Waals surface area (Å²) >= 11 is 0. The molecule has 0 radical (unpaired) electrons. The van der Waals surface area contributed by atoms with Crippen LogP contribution in [0.1, 0.15) is 0 Å². The second-order valence-corrected chi connectivity index (χ2v) is 0. The van der Waals surface area contributed by atoms with Crippen LogP contribution in [0.25, 0.3) is 0 Å². The molecule has 0 atom stereocenters. The van der Waals surface area contributed by atoms with Crippen LogP contribution in [0.15, 0.2) is 0 Å². The summed E-state index contributed by atoms with van der Waals surface area (Å²) < 4.78 is 0. The summed E-state index contributed by atoms with van der Waals surface area (Å²) in [5.74, 6) is 0. The first-order valence-corrected chi connectivity index (χ1v) is 0. The van der Waals surface area contributed by atoms with Crippen molar-refractivity contribution in [1.29, 1.82) is 0 Å². The molecule has 0 saturated carbocycles. The van der Waals surface area contributed by atoms with Crippen molar-refractivity contribution in [3.05, 3.63) is 0 Å². The summed E-state index contributed by atoms with van der Waals surface area (Å²) in [6, 6.07) is 0. The number of hydrogen-bond acceptors (Lipinski definition) is 0. The van der Waals surface area contributed by atoms with E-state index < -0.39 is 0 Å². The van der Waals surface area contributed by atoms with Gasteiger partial charge in [-0.25, -0.2) is 0 Å². The Morgan fingerprint density at radius 2 is 1.00 bits per heavy atom. The monoisotopic (exact) mass is 268 g/mol. The molecule has 0 aromatic heterocycles. The fourth-order valence-electron chi connectivity index (χ4n) is 0. The normalized spacial score (nSPS) is 0. The van der Waals surface area contributed by atoms with E-state index >= 15 is 0 Å². The van der Waals surface area contributed by atoms with Crippen molar-refractivity contribution in [1.82, 2.24) is 0 Å². The Balaban J connectivity index is 0. The first-order chi connectivity index (χ1) is 0. The molecular formula is BrIKNa. The molecule has 0 unspecified atom stereocenters. The number of rotatable bonds is 0. The molecule has 0 spiro atoms. The van der Waals surface area contributed by atoms with Crippen LogP contribution in [0.5, 0.6) is 0 Å². The van der Waals surface area contributed by atoms with Crippen molar-refractivity contribution >= 4 is 0 Å². The molecule has 0 saturated heterocycles. The van der Waals surface area contributed by atoms with E-state index in [0.29, 0.717) is 0 Å². The minimum Gasteiger partial charge on any atom is -1.00 e. The maximum absolute atomic E-state index is 0. The molecule has 0 nitrogen and oxygen atoms in total. The SMILES string of the molecule is [Br-].[I-].[K+].[Na+]. The molecule has 0 bridgehead atoms. The van der Waals surface area contributed by atoms with Gasteiger partial charge in [0.05, 0.1) is 0 Å². The topological polar surface area (TPSA) is 0 Å². The summed E-state index contributed by atoms with van der Waals surface area (Å²) in [5, 5.41) is 0. The number of hydrogen-bond donors (Lipinski definition) is 0. The summed E-state index contributed by atoms with van der Waals surface area (Å²) in [6.07, 6.45) is 0. The van der Waals surface area contributed by atoms with Gasteiger partial charge in [-0.2, -0.15) is 0 Å². The average Bonchev–Trinajstić information content (AvgIpc) is 0. The maximum Gasteiger partial charge on any atom is 1.00 e. The van der Waals surface area contributed by atoms with Crippen molar-refractivity contribution in [2.24, 2.45) is 0 Å². The van der Waals surface area contributed by atoms with Gasteiger partial charge in [-0.05, 0) is 0 Å². The summed E-state index contributed by atoms with van der Waals surface area (Å²) in [6.45, 7) is 0. The maximum atomic E-state index is 0. The fraction of sp³-hybridized carbons (Fsp3) is 0. The van der Waals surface area contributed by atoms with Gasteiger partial charge in [0.15, 0.2) is 0 Å². The molecule has 0 N–H and O–H groups in total. The van der Waals surface area contributed by atoms with Crippen LogP contribution in [-0.2, 0) is 0 Å². The molecule has 4 heavy (non-hydrogen) atoms. The smallest absolute Gasteiger partial charge is 1.00 e. The minimum atomic E-state index is 0. The molecule has 0 aliphatic heterocycles. The molecule has 0 heterocycles. The largest absolute Gasteiger partial charge is 1.00 e. The van der Waals surface area contributed by atoms with Crippen LogP contribution < -0.4 is 122 Å². The van der Waals surface area contributed by atoms with Gasteiger partial charge < -0.3 is 41.0 Å². The fourth-order valence-corrected chi connectivity index (χ4v) is 0. The third-order valence-electron chi connectivity index (χ3n) is 0.